The van der Waals surface area contributed by atoms with Crippen molar-refractivity contribution in [1.29, 1.82) is 0 Å². The maximum absolute atomic E-state index is 12.1. The summed E-state index contributed by atoms with van der Waals surface area (Å²) in [4.78, 5) is 14.6. The molecular weight excluding hydrogens is 352 g/mol. The zero-order valence-electron chi connectivity index (χ0n) is 10.1. The lowest BCUT2D eigenvalue weighted by atomic mass is 10.2. The van der Waals surface area contributed by atoms with Gasteiger partial charge in [0.05, 0.1) is 10.5 Å². The van der Waals surface area contributed by atoms with Crippen LogP contribution in [0.5, 0.6) is 0 Å². The van der Waals surface area contributed by atoms with E-state index >= 15 is 0 Å². The van der Waals surface area contributed by atoms with Crippen LogP contribution in [0.1, 0.15) is 16.2 Å². The number of hydrogen-bond donors (Lipinski definition) is 3. The van der Waals surface area contributed by atoms with Gasteiger partial charge in [-0.3, -0.25) is 5.10 Å². The van der Waals surface area contributed by atoms with Gasteiger partial charge in [-0.05, 0) is 41.1 Å². The van der Waals surface area contributed by atoms with Crippen LogP contribution in [0.25, 0.3) is 0 Å². The average molecular weight is 361 g/mol. The van der Waals surface area contributed by atoms with Crippen molar-refractivity contribution in [2.45, 2.75) is 11.8 Å². The molecule has 0 aliphatic carbocycles. The molecule has 0 saturated heterocycles. The number of benzene rings is 1. The number of H-pyrrole nitrogens is 1. The molecule has 10 heteroatoms. The first kappa shape index (κ1) is 14.5. The van der Waals surface area contributed by atoms with Crippen LogP contribution in [-0.4, -0.2) is 34.7 Å². The minimum absolute atomic E-state index is 0.109. The third kappa shape index (κ3) is 2.96. The van der Waals surface area contributed by atoms with Crippen LogP contribution < -0.4 is 4.72 Å². The quantitative estimate of drug-likeness (QED) is 0.755. The SMILES string of the molecule is Cc1nc(NS(=O)(=O)c2ccc(Br)c(C(=O)O)c2)n[nH]1. The van der Waals surface area contributed by atoms with Crippen LogP contribution in [0.4, 0.5) is 5.95 Å². The van der Waals surface area contributed by atoms with Crippen LogP contribution in [0, 0.1) is 6.92 Å². The van der Waals surface area contributed by atoms with Crippen LogP contribution in [0.15, 0.2) is 27.6 Å². The smallest absolute Gasteiger partial charge is 0.336 e. The number of aromatic nitrogens is 3. The summed E-state index contributed by atoms with van der Waals surface area (Å²) in [5, 5.41) is 15.1. The molecule has 8 nitrogen and oxygen atoms in total. The van der Waals surface area contributed by atoms with Crippen molar-refractivity contribution in [1.82, 2.24) is 15.2 Å². The normalized spacial score (nSPS) is 11.3. The molecule has 0 atom stereocenters. The number of hydrogen-bond acceptors (Lipinski definition) is 5. The Morgan fingerprint density at radius 1 is 1.45 bits per heavy atom. The number of carbonyl (C=O) groups is 1. The average Bonchev–Trinajstić information content (AvgIpc) is 2.73. The summed E-state index contributed by atoms with van der Waals surface area (Å²) in [6, 6.07) is 3.67. The molecule has 3 N–H and O–H groups in total. The van der Waals surface area contributed by atoms with Crippen molar-refractivity contribution in [2.24, 2.45) is 0 Å². The Balaban J connectivity index is 2.39. The van der Waals surface area contributed by atoms with Gasteiger partial charge < -0.3 is 5.11 Å². The molecule has 1 aromatic heterocycles. The molecule has 0 spiro atoms. The standard InChI is InChI=1S/C10H9BrN4O4S/c1-5-12-10(14-13-5)15-20(18,19)6-2-3-8(11)7(4-6)9(16)17/h2-4H,1H3,(H,16,17)(H2,12,13,14,15). The molecule has 0 fully saturated rings. The number of aryl methyl sites for hydroxylation is 1. The van der Waals surface area contributed by atoms with Gasteiger partial charge in [-0.25, -0.2) is 17.9 Å². The molecule has 1 aromatic carbocycles. The molecule has 2 aromatic rings. The van der Waals surface area contributed by atoms with Gasteiger partial charge in [-0.15, -0.1) is 5.10 Å². The van der Waals surface area contributed by atoms with E-state index in [-0.39, 0.29) is 20.9 Å². The van der Waals surface area contributed by atoms with Crippen molar-refractivity contribution in [3.05, 3.63) is 34.1 Å². The maximum Gasteiger partial charge on any atom is 0.336 e. The van der Waals surface area contributed by atoms with Crippen LogP contribution in [0.3, 0.4) is 0 Å². The number of nitrogens with zero attached hydrogens (tertiary/aromatic N) is 2. The van der Waals surface area contributed by atoms with Crippen molar-refractivity contribution < 1.29 is 18.3 Å². The molecule has 1 heterocycles. The van der Waals surface area contributed by atoms with E-state index in [1.54, 1.807) is 6.92 Å². The molecule has 0 saturated carbocycles. The van der Waals surface area contributed by atoms with Gasteiger partial charge in [-0.2, -0.15) is 4.98 Å². The van der Waals surface area contributed by atoms with E-state index in [2.05, 4.69) is 35.8 Å². The Kier molecular flexibility index (Phi) is 3.77. The van der Waals surface area contributed by atoms with Gasteiger partial charge in [0.25, 0.3) is 16.0 Å². The van der Waals surface area contributed by atoms with E-state index < -0.39 is 16.0 Å². The number of carboxylic acid groups (broad SMARTS) is 1. The first-order valence-electron chi connectivity index (χ1n) is 5.24. The van der Waals surface area contributed by atoms with Gasteiger partial charge in [0.1, 0.15) is 5.82 Å². The highest BCUT2D eigenvalue weighted by atomic mass is 79.9. The minimum Gasteiger partial charge on any atom is -0.478 e. The van der Waals surface area contributed by atoms with Crippen molar-refractivity contribution in [3.8, 4) is 0 Å². The predicted molar refractivity (Wildman–Crippen MR) is 73.0 cm³/mol. The largest absolute Gasteiger partial charge is 0.478 e. The monoisotopic (exact) mass is 360 g/mol. The first-order valence-corrected chi connectivity index (χ1v) is 7.52. The number of aromatic amines is 1. The Labute approximate surface area is 122 Å². The number of anilines is 1. The molecule has 20 heavy (non-hydrogen) atoms. The van der Waals surface area contributed by atoms with Crippen molar-refractivity contribution >= 4 is 37.9 Å². The summed E-state index contributed by atoms with van der Waals surface area (Å²) in [6.07, 6.45) is 0. The van der Waals surface area contributed by atoms with E-state index in [1.807, 2.05) is 0 Å². The number of aromatic carboxylic acids is 1. The summed E-state index contributed by atoms with van der Waals surface area (Å²) >= 11 is 3.04. The zero-order valence-corrected chi connectivity index (χ0v) is 12.5. The molecule has 106 valence electrons. The molecule has 2 rings (SSSR count). The van der Waals surface area contributed by atoms with Crippen LogP contribution in [0.2, 0.25) is 0 Å². The van der Waals surface area contributed by atoms with E-state index in [4.69, 9.17) is 5.11 Å². The highest BCUT2D eigenvalue weighted by Gasteiger charge is 2.19. The highest BCUT2D eigenvalue weighted by Crippen LogP contribution is 2.22. The number of rotatable bonds is 4. The van der Waals surface area contributed by atoms with Crippen molar-refractivity contribution in [2.75, 3.05) is 4.72 Å². The molecule has 0 aliphatic rings. The molecule has 0 bridgehead atoms. The van der Waals surface area contributed by atoms with Crippen molar-refractivity contribution in [3.63, 3.8) is 0 Å². The number of halogens is 1. The Bertz CT molecular complexity index is 771. The molecule has 0 unspecified atom stereocenters. The fourth-order valence-electron chi connectivity index (χ4n) is 1.40. The number of carboxylic acids is 1. The van der Waals surface area contributed by atoms with Gasteiger partial charge in [-0.1, -0.05) is 0 Å². The zero-order chi connectivity index (χ0) is 14.9. The number of nitrogens with one attached hydrogen (secondary N) is 2. The van der Waals surface area contributed by atoms with Crippen LogP contribution >= 0.6 is 15.9 Å². The van der Waals surface area contributed by atoms with E-state index in [9.17, 15) is 13.2 Å². The highest BCUT2D eigenvalue weighted by molar-refractivity contribution is 9.10. The van der Waals surface area contributed by atoms with E-state index in [0.29, 0.717) is 5.82 Å². The summed E-state index contributed by atoms with van der Waals surface area (Å²) < 4.78 is 26.6. The molecule has 0 amide bonds. The van der Waals surface area contributed by atoms with E-state index in [1.165, 1.54) is 12.1 Å². The fraction of sp³-hybridized carbons (Fsp3) is 0.100. The first-order chi connectivity index (χ1) is 9.29. The molecule has 0 radical (unpaired) electrons. The Morgan fingerprint density at radius 3 is 2.70 bits per heavy atom. The van der Waals surface area contributed by atoms with Gasteiger partial charge in [0.2, 0.25) is 0 Å². The maximum atomic E-state index is 12.1. The second-order valence-corrected chi connectivity index (χ2v) is 6.33. The molecule has 0 aliphatic heterocycles. The minimum atomic E-state index is -3.95. The third-order valence-corrected chi connectivity index (χ3v) is 4.32. The summed E-state index contributed by atoms with van der Waals surface area (Å²) in [6.45, 7) is 1.62. The lowest BCUT2D eigenvalue weighted by Crippen LogP contribution is -2.15. The summed E-state index contributed by atoms with van der Waals surface area (Å²) in [5.41, 5.74) is -0.154. The third-order valence-electron chi connectivity index (χ3n) is 2.30. The lowest BCUT2D eigenvalue weighted by Gasteiger charge is -2.06. The summed E-state index contributed by atoms with van der Waals surface area (Å²) in [5.74, 6) is -0.894. The van der Waals surface area contributed by atoms with Crippen LogP contribution in [-0.2, 0) is 10.0 Å². The summed E-state index contributed by atoms with van der Waals surface area (Å²) in [7, 11) is -3.95. The topological polar surface area (TPSA) is 125 Å². The van der Waals surface area contributed by atoms with E-state index in [0.717, 1.165) is 6.07 Å². The van der Waals surface area contributed by atoms with Gasteiger partial charge >= 0.3 is 5.97 Å². The Hall–Kier alpha value is -1.94. The second-order valence-electron chi connectivity index (χ2n) is 3.80. The predicted octanol–water partition coefficient (Wildman–Crippen LogP) is 1.37. The number of sulfonamides is 1. The molecular formula is C10H9BrN4O4S. The second kappa shape index (κ2) is 5.21. The van der Waals surface area contributed by atoms with Gasteiger partial charge in [0.15, 0.2) is 0 Å². The fourth-order valence-corrected chi connectivity index (χ4v) is 2.79. The Morgan fingerprint density at radius 2 is 2.15 bits per heavy atom. The lowest BCUT2D eigenvalue weighted by molar-refractivity contribution is 0.0695. The van der Waals surface area contributed by atoms with Gasteiger partial charge in [0, 0.05) is 4.47 Å².